The van der Waals surface area contributed by atoms with E-state index in [0.29, 0.717) is 32.3 Å². The lowest BCUT2D eigenvalue weighted by molar-refractivity contribution is 0.0544. The third kappa shape index (κ3) is 5.92. The molecule has 0 saturated heterocycles. The lowest BCUT2D eigenvalue weighted by atomic mass is 10.2. The summed E-state index contributed by atoms with van der Waals surface area (Å²) < 4.78 is 15.8. The number of rotatable bonds is 7. The largest absolute Gasteiger partial charge is 0.490 e. The molecule has 0 heterocycles. The van der Waals surface area contributed by atoms with Crippen LogP contribution < -0.4 is 4.74 Å². The number of para-hydroxylation sites is 1. The van der Waals surface area contributed by atoms with E-state index in [1.807, 2.05) is 24.3 Å². The normalized spacial score (nSPS) is 9.67. The first-order valence-electron chi connectivity index (χ1n) is 5.72. The Bertz CT molecular complexity index is 396. The molecule has 0 aliphatic rings. The first kappa shape index (κ1) is 14.8. The van der Waals surface area contributed by atoms with Gasteiger partial charge in [0.1, 0.15) is 12.4 Å². The molecule has 0 aliphatic carbocycles. The Morgan fingerprint density at radius 2 is 1.89 bits per heavy atom. The molecule has 0 saturated carbocycles. The Balaban J connectivity index is 2.37. The molecule has 0 unspecified atom stereocenters. The molecule has 3 nitrogen and oxygen atoms in total. The van der Waals surface area contributed by atoms with Gasteiger partial charge in [0.05, 0.1) is 31.3 Å². The van der Waals surface area contributed by atoms with E-state index in [-0.39, 0.29) is 0 Å². The van der Waals surface area contributed by atoms with Crippen LogP contribution in [0.1, 0.15) is 5.56 Å². The first-order chi connectivity index (χ1) is 8.88. The summed E-state index contributed by atoms with van der Waals surface area (Å²) in [5, 5.41) is 0. The minimum Gasteiger partial charge on any atom is -0.490 e. The van der Waals surface area contributed by atoms with Gasteiger partial charge in [-0.3, -0.25) is 0 Å². The Morgan fingerprint density at radius 3 is 2.67 bits per heavy atom. The van der Waals surface area contributed by atoms with Gasteiger partial charge >= 0.3 is 0 Å². The Hall–Kier alpha value is -1.21. The summed E-state index contributed by atoms with van der Waals surface area (Å²) in [6, 6.07) is 7.61. The fourth-order valence-corrected chi connectivity index (χ4v) is 1.35. The Kier molecular flexibility index (Phi) is 8.07. The molecular formula is C14H17ClO3. The van der Waals surface area contributed by atoms with Gasteiger partial charge in [-0.25, -0.2) is 0 Å². The second-order valence-electron chi connectivity index (χ2n) is 3.39. The van der Waals surface area contributed by atoms with E-state index >= 15 is 0 Å². The van der Waals surface area contributed by atoms with Crippen LogP contribution in [0.25, 0.3) is 0 Å². The SMILES string of the molecule is COCCOCCOc1ccccc1C#CCCl. The van der Waals surface area contributed by atoms with Gasteiger partial charge in [0.15, 0.2) is 0 Å². The molecule has 0 radical (unpaired) electrons. The monoisotopic (exact) mass is 268 g/mol. The smallest absolute Gasteiger partial charge is 0.135 e. The minimum atomic E-state index is 0.314. The third-order valence-corrected chi connectivity index (χ3v) is 2.23. The zero-order valence-electron chi connectivity index (χ0n) is 10.4. The van der Waals surface area contributed by atoms with Crippen LogP contribution in [-0.2, 0) is 9.47 Å². The number of ether oxygens (including phenoxy) is 3. The molecule has 0 fully saturated rings. The van der Waals surface area contributed by atoms with Crippen LogP contribution in [0, 0.1) is 11.8 Å². The quantitative estimate of drug-likeness (QED) is 0.432. The van der Waals surface area contributed by atoms with Crippen molar-refractivity contribution in [3.05, 3.63) is 29.8 Å². The molecule has 0 N–H and O–H groups in total. The average Bonchev–Trinajstić information content (AvgIpc) is 2.41. The van der Waals surface area contributed by atoms with Crippen molar-refractivity contribution in [1.29, 1.82) is 0 Å². The van der Waals surface area contributed by atoms with Crippen molar-refractivity contribution in [2.45, 2.75) is 0 Å². The van der Waals surface area contributed by atoms with Crippen LogP contribution in [0.5, 0.6) is 5.75 Å². The molecule has 0 atom stereocenters. The van der Waals surface area contributed by atoms with Gasteiger partial charge in [-0.1, -0.05) is 24.0 Å². The van der Waals surface area contributed by atoms with Crippen molar-refractivity contribution in [2.75, 3.05) is 39.4 Å². The average molecular weight is 269 g/mol. The second kappa shape index (κ2) is 9.78. The predicted molar refractivity (Wildman–Crippen MR) is 72.2 cm³/mol. The van der Waals surface area contributed by atoms with Crippen LogP contribution in [0.3, 0.4) is 0 Å². The highest BCUT2D eigenvalue weighted by molar-refractivity contribution is 6.19. The van der Waals surface area contributed by atoms with Crippen molar-refractivity contribution < 1.29 is 14.2 Å². The van der Waals surface area contributed by atoms with Crippen molar-refractivity contribution in [3.8, 4) is 17.6 Å². The summed E-state index contributed by atoms with van der Waals surface area (Å²) in [5.74, 6) is 6.84. The van der Waals surface area contributed by atoms with Crippen LogP contribution >= 0.6 is 11.6 Å². The number of alkyl halides is 1. The van der Waals surface area contributed by atoms with Crippen molar-refractivity contribution in [3.63, 3.8) is 0 Å². The summed E-state index contributed by atoms with van der Waals surface area (Å²) in [4.78, 5) is 0. The van der Waals surface area contributed by atoms with Crippen molar-refractivity contribution >= 4 is 11.6 Å². The molecule has 0 amide bonds. The van der Waals surface area contributed by atoms with Gasteiger partial charge in [-0.15, -0.1) is 11.6 Å². The number of benzene rings is 1. The Labute approximate surface area is 113 Å². The summed E-state index contributed by atoms with van der Waals surface area (Å²) in [7, 11) is 1.64. The van der Waals surface area contributed by atoms with Gasteiger partial charge in [0.2, 0.25) is 0 Å². The standard InChI is InChI=1S/C14H17ClO3/c1-16-9-10-17-11-12-18-14-7-3-2-5-13(14)6-4-8-15/h2-3,5,7H,8-12H2,1H3. The summed E-state index contributed by atoms with van der Waals surface area (Å²) in [6.07, 6.45) is 0. The summed E-state index contributed by atoms with van der Waals surface area (Å²) >= 11 is 5.53. The van der Waals surface area contributed by atoms with Crippen molar-refractivity contribution in [2.24, 2.45) is 0 Å². The van der Waals surface area contributed by atoms with Gasteiger partial charge in [0, 0.05) is 7.11 Å². The van der Waals surface area contributed by atoms with Crippen LogP contribution in [-0.4, -0.2) is 39.4 Å². The molecule has 1 aromatic carbocycles. The molecule has 4 heteroatoms. The number of hydrogen-bond acceptors (Lipinski definition) is 3. The highest BCUT2D eigenvalue weighted by Crippen LogP contribution is 2.16. The van der Waals surface area contributed by atoms with Gasteiger partial charge in [-0.2, -0.15) is 0 Å². The third-order valence-electron chi connectivity index (χ3n) is 2.09. The maximum absolute atomic E-state index is 5.60. The van der Waals surface area contributed by atoms with E-state index in [1.54, 1.807) is 7.11 Å². The molecule has 0 aliphatic heterocycles. The fourth-order valence-electron chi connectivity index (χ4n) is 1.28. The van der Waals surface area contributed by atoms with Crippen LogP contribution in [0.15, 0.2) is 24.3 Å². The maximum atomic E-state index is 5.60. The molecule has 1 rings (SSSR count). The summed E-state index contributed by atoms with van der Waals surface area (Å²) in [5.41, 5.74) is 0.843. The Morgan fingerprint density at radius 1 is 1.11 bits per heavy atom. The molecule has 98 valence electrons. The molecular weight excluding hydrogens is 252 g/mol. The van der Waals surface area contributed by atoms with Crippen LogP contribution in [0.2, 0.25) is 0 Å². The number of hydrogen-bond donors (Lipinski definition) is 0. The summed E-state index contributed by atoms with van der Waals surface area (Å²) in [6.45, 7) is 2.19. The highest BCUT2D eigenvalue weighted by Gasteiger charge is 1.99. The molecule has 0 aromatic heterocycles. The van der Waals surface area contributed by atoms with Gasteiger partial charge in [0.25, 0.3) is 0 Å². The van der Waals surface area contributed by atoms with Gasteiger partial charge in [-0.05, 0) is 12.1 Å². The van der Waals surface area contributed by atoms with Crippen LogP contribution in [0.4, 0.5) is 0 Å². The highest BCUT2D eigenvalue weighted by atomic mass is 35.5. The molecule has 0 bridgehead atoms. The molecule has 1 aromatic rings. The van der Waals surface area contributed by atoms with E-state index in [1.165, 1.54) is 0 Å². The number of methoxy groups -OCH3 is 1. The van der Waals surface area contributed by atoms with E-state index < -0.39 is 0 Å². The van der Waals surface area contributed by atoms with E-state index in [4.69, 9.17) is 25.8 Å². The fraction of sp³-hybridized carbons (Fsp3) is 0.429. The van der Waals surface area contributed by atoms with E-state index in [9.17, 15) is 0 Å². The zero-order chi connectivity index (χ0) is 13.1. The topological polar surface area (TPSA) is 27.7 Å². The van der Waals surface area contributed by atoms with E-state index in [0.717, 1.165) is 11.3 Å². The molecule has 18 heavy (non-hydrogen) atoms. The van der Waals surface area contributed by atoms with Gasteiger partial charge < -0.3 is 14.2 Å². The predicted octanol–water partition coefficient (Wildman–Crippen LogP) is 2.32. The van der Waals surface area contributed by atoms with E-state index in [2.05, 4.69) is 11.8 Å². The second-order valence-corrected chi connectivity index (χ2v) is 3.65. The maximum Gasteiger partial charge on any atom is 0.135 e. The lowest BCUT2D eigenvalue weighted by Gasteiger charge is -2.08. The molecule has 0 spiro atoms. The first-order valence-corrected chi connectivity index (χ1v) is 6.25. The zero-order valence-corrected chi connectivity index (χ0v) is 11.2. The van der Waals surface area contributed by atoms with Crippen molar-refractivity contribution in [1.82, 2.24) is 0 Å². The number of halogens is 1. The minimum absolute atomic E-state index is 0.314. The lowest BCUT2D eigenvalue weighted by Crippen LogP contribution is -2.10.